The monoisotopic (exact) mass is 399 g/mol. The summed E-state index contributed by atoms with van der Waals surface area (Å²) in [5.74, 6) is 0.512. The number of nitrogens with two attached hydrogens (primary N) is 1. The van der Waals surface area contributed by atoms with Crippen molar-refractivity contribution in [1.82, 2.24) is 14.5 Å². The van der Waals surface area contributed by atoms with Crippen molar-refractivity contribution >= 4 is 17.0 Å². The number of rotatable bonds is 4. The fourth-order valence-corrected chi connectivity index (χ4v) is 2.70. The number of ether oxygens (including phenoxy) is 1. The fraction of sp³-hybridized carbons (Fsp3) is 0.533. The van der Waals surface area contributed by atoms with Gasteiger partial charge in [0, 0.05) is 6.42 Å². The highest BCUT2D eigenvalue weighted by Gasteiger charge is 2.36. The van der Waals surface area contributed by atoms with Crippen LogP contribution >= 0.6 is 0 Å². The number of hydrogen-bond acceptors (Lipinski definition) is 6. The van der Waals surface area contributed by atoms with Gasteiger partial charge in [0.15, 0.2) is 11.7 Å². The maximum Gasteiger partial charge on any atom is 0.251 e. The molecule has 0 aliphatic carbocycles. The third-order valence-electron chi connectivity index (χ3n) is 3.98. The minimum absolute atomic E-state index is 0. The average molecular weight is 400 g/mol. The molecule has 132 valence electrons. The summed E-state index contributed by atoms with van der Waals surface area (Å²) in [4.78, 5) is 8.73. The molecule has 0 unspecified atom stereocenters. The molecule has 3 rings (SSSR count). The second-order valence-electron chi connectivity index (χ2n) is 6.02. The van der Waals surface area contributed by atoms with Crippen molar-refractivity contribution in [1.29, 1.82) is 0 Å². The predicted octanol–water partition coefficient (Wildman–Crippen LogP) is -3.09. The summed E-state index contributed by atoms with van der Waals surface area (Å²) in [6.07, 6.45) is 3.94. The van der Waals surface area contributed by atoms with E-state index in [1.54, 1.807) is 17.2 Å². The molecule has 9 heteroatoms. The van der Waals surface area contributed by atoms with Gasteiger partial charge in [0.2, 0.25) is 12.0 Å². The summed E-state index contributed by atoms with van der Waals surface area (Å²) in [5, 5.41) is 19.3. The van der Waals surface area contributed by atoms with Gasteiger partial charge < -0.3 is 37.7 Å². The fourth-order valence-electron chi connectivity index (χ4n) is 2.70. The number of aromatic nitrogens is 4. The van der Waals surface area contributed by atoms with Crippen LogP contribution in [0.3, 0.4) is 0 Å². The molecule has 0 spiro atoms. The third-order valence-corrected chi connectivity index (χ3v) is 3.98. The summed E-state index contributed by atoms with van der Waals surface area (Å²) in [5.41, 5.74) is 8.50. The Hall–Kier alpha value is -1.55. The molecule has 8 nitrogen and oxygen atoms in total. The zero-order chi connectivity index (χ0) is 16.6. The molecule has 1 saturated heterocycles. The Morgan fingerprint density at radius 1 is 1.50 bits per heavy atom. The normalized spacial score (nSPS) is 23.2. The minimum Gasteiger partial charge on any atom is -1.00 e. The number of hydrogen-bond donors (Lipinski definition) is 3. The highest BCUT2D eigenvalue weighted by Crippen LogP contribution is 2.31. The quantitative estimate of drug-likeness (QED) is 0.371. The van der Waals surface area contributed by atoms with E-state index >= 15 is 0 Å². The lowest BCUT2D eigenvalue weighted by Crippen LogP contribution is -3.00. The molecule has 0 bridgehead atoms. The Morgan fingerprint density at radius 2 is 2.25 bits per heavy atom. The number of fused-ring (bicyclic) bond motifs is 1. The van der Waals surface area contributed by atoms with Crippen LogP contribution in [0.1, 0.15) is 26.5 Å². The van der Waals surface area contributed by atoms with E-state index in [0.717, 1.165) is 0 Å². The molecule has 3 heterocycles. The van der Waals surface area contributed by atoms with Gasteiger partial charge in [-0.25, -0.2) is 9.55 Å². The first-order valence-corrected chi connectivity index (χ1v) is 7.59. The van der Waals surface area contributed by atoms with Gasteiger partial charge in [-0.15, -0.1) is 0 Å². The lowest BCUT2D eigenvalue weighted by Gasteiger charge is -2.15. The van der Waals surface area contributed by atoms with Crippen molar-refractivity contribution in [2.75, 3.05) is 12.3 Å². The number of anilines is 1. The Labute approximate surface area is 150 Å². The molecule has 4 N–H and O–H groups in total. The number of aliphatic hydroxyl groups is 2. The van der Waals surface area contributed by atoms with E-state index in [9.17, 15) is 10.2 Å². The van der Waals surface area contributed by atoms with E-state index in [1.165, 1.54) is 5.57 Å². The van der Waals surface area contributed by atoms with Crippen LogP contribution in [0.15, 0.2) is 24.3 Å². The molecule has 0 radical (unpaired) electrons. The number of aliphatic hydroxyl groups excluding tert-OH is 2. The summed E-state index contributed by atoms with van der Waals surface area (Å²) >= 11 is 0. The van der Waals surface area contributed by atoms with Gasteiger partial charge in [0.1, 0.15) is 12.4 Å². The van der Waals surface area contributed by atoms with Crippen molar-refractivity contribution in [3.05, 3.63) is 24.3 Å². The van der Waals surface area contributed by atoms with E-state index in [1.807, 2.05) is 18.4 Å². The van der Waals surface area contributed by atoms with Crippen LogP contribution in [-0.4, -0.2) is 43.6 Å². The largest absolute Gasteiger partial charge is 1.00 e. The van der Waals surface area contributed by atoms with Crippen molar-refractivity contribution in [3.63, 3.8) is 0 Å². The number of halogens is 1. The molecule has 3 atom stereocenters. The Kier molecular flexibility index (Phi) is 5.92. The van der Waals surface area contributed by atoms with Crippen LogP contribution in [0.25, 0.3) is 11.2 Å². The molecular formula is C15H22BrN5O3. The number of allylic oxidation sites excluding steroid dienone is 2. The van der Waals surface area contributed by atoms with Gasteiger partial charge in [-0.05, 0) is 13.8 Å². The third kappa shape index (κ3) is 3.44. The molecule has 2 aromatic heterocycles. The van der Waals surface area contributed by atoms with Crippen LogP contribution in [0.2, 0.25) is 0 Å². The van der Waals surface area contributed by atoms with Gasteiger partial charge in [0.05, 0.1) is 19.3 Å². The Bertz CT molecular complexity index is 744. The lowest BCUT2D eigenvalue weighted by molar-refractivity contribution is -0.674. The van der Waals surface area contributed by atoms with Crippen molar-refractivity contribution in [2.45, 2.75) is 45.2 Å². The molecule has 1 fully saturated rings. The second kappa shape index (κ2) is 7.56. The molecule has 24 heavy (non-hydrogen) atoms. The molecule has 2 aromatic rings. The summed E-state index contributed by atoms with van der Waals surface area (Å²) in [7, 11) is 0. The molecule has 0 saturated carbocycles. The first-order valence-electron chi connectivity index (χ1n) is 7.59. The van der Waals surface area contributed by atoms with Crippen LogP contribution in [-0.2, 0) is 11.3 Å². The first kappa shape index (κ1) is 18.8. The van der Waals surface area contributed by atoms with Gasteiger partial charge in [-0.3, -0.25) is 4.57 Å². The summed E-state index contributed by atoms with van der Waals surface area (Å²) in [6.45, 7) is 4.54. The average Bonchev–Trinajstić information content (AvgIpc) is 3.09. The van der Waals surface area contributed by atoms with Crippen molar-refractivity contribution in [2.24, 2.45) is 0 Å². The molecule has 0 aromatic carbocycles. The van der Waals surface area contributed by atoms with Crippen LogP contribution in [0, 0.1) is 0 Å². The zero-order valence-corrected chi connectivity index (χ0v) is 15.2. The molecule has 1 aliphatic heterocycles. The zero-order valence-electron chi connectivity index (χ0n) is 13.6. The topological polar surface area (TPSA) is 110 Å². The van der Waals surface area contributed by atoms with Gasteiger partial charge >= 0.3 is 0 Å². The van der Waals surface area contributed by atoms with Crippen LogP contribution in [0.4, 0.5) is 5.82 Å². The Morgan fingerprint density at radius 3 is 2.88 bits per heavy atom. The van der Waals surface area contributed by atoms with E-state index in [-0.39, 0.29) is 29.7 Å². The van der Waals surface area contributed by atoms with E-state index in [0.29, 0.717) is 29.9 Å². The van der Waals surface area contributed by atoms with E-state index < -0.39 is 12.3 Å². The molecule has 0 amide bonds. The second-order valence-corrected chi connectivity index (χ2v) is 6.02. The lowest BCUT2D eigenvalue weighted by atomic mass is 10.2. The van der Waals surface area contributed by atoms with Crippen molar-refractivity contribution in [3.8, 4) is 0 Å². The number of nitrogens with zero attached hydrogens (tertiary/aromatic N) is 4. The SMILES string of the molecule is CC(C)=CC[n+]1cnc2c(ncn2[C@@H]2O[C@H](CO)C[C@H]2O)c1N.[Br-]. The van der Waals surface area contributed by atoms with Gasteiger partial charge in [-0.1, -0.05) is 16.6 Å². The van der Waals surface area contributed by atoms with Gasteiger partial charge in [0.25, 0.3) is 5.82 Å². The minimum atomic E-state index is -0.717. The highest BCUT2D eigenvalue weighted by atomic mass is 79.9. The van der Waals surface area contributed by atoms with Gasteiger partial charge in [-0.2, -0.15) is 0 Å². The first-order chi connectivity index (χ1) is 11.0. The number of imidazole rings is 1. The van der Waals surface area contributed by atoms with E-state index in [4.69, 9.17) is 10.5 Å². The maximum absolute atomic E-state index is 10.1. The summed E-state index contributed by atoms with van der Waals surface area (Å²) in [6, 6.07) is 0. The van der Waals surface area contributed by atoms with Crippen molar-refractivity contribution < 1.29 is 36.5 Å². The standard InChI is InChI=1S/C15H21N5O3.BrH/c1-9(2)3-4-19-7-18-14-12(13(19)16)17-8-20(14)15-11(22)5-10(6-21)23-15;/h3,7-8,10-11,15-16,21-22H,4-6H2,1-2H3;1H/t10-,11+,15+;/m0./s1. The van der Waals surface area contributed by atoms with E-state index in [2.05, 4.69) is 16.0 Å². The smallest absolute Gasteiger partial charge is 0.251 e. The van der Waals surface area contributed by atoms with Crippen LogP contribution in [0.5, 0.6) is 0 Å². The predicted molar refractivity (Wildman–Crippen MR) is 83.2 cm³/mol. The Balaban J connectivity index is 0.00000208. The van der Waals surface area contributed by atoms with Crippen LogP contribution < -0.4 is 27.3 Å². The summed E-state index contributed by atoms with van der Waals surface area (Å²) < 4.78 is 9.13. The molecular weight excluding hydrogens is 378 g/mol. The highest BCUT2D eigenvalue weighted by molar-refractivity contribution is 5.79. The maximum atomic E-state index is 10.1. The molecule has 1 aliphatic rings. The number of nitrogen functional groups attached to an aromatic ring is 1.